The van der Waals surface area contributed by atoms with Crippen LogP contribution in [0.4, 0.5) is 0 Å². The smallest absolute Gasteiger partial charge is 0.257 e. The highest BCUT2D eigenvalue weighted by Crippen LogP contribution is 2.26. The summed E-state index contributed by atoms with van der Waals surface area (Å²) in [6, 6.07) is 20.3. The Morgan fingerprint density at radius 2 is 1.74 bits per heavy atom. The van der Waals surface area contributed by atoms with Crippen molar-refractivity contribution < 1.29 is 13.9 Å². The Bertz CT molecular complexity index is 766. The number of furan rings is 1. The average Bonchev–Trinajstić information content (AvgIpc) is 3.08. The Labute approximate surface area is 134 Å². The minimum Gasteiger partial charge on any atom is -0.467 e. The molecule has 0 unspecified atom stereocenters. The molecule has 0 N–H and O–H groups in total. The molecule has 0 bridgehead atoms. The van der Waals surface area contributed by atoms with Gasteiger partial charge in [-0.25, -0.2) is 0 Å². The molecule has 4 heteroatoms. The maximum absolute atomic E-state index is 12.7. The van der Waals surface area contributed by atoms with Gasteiger partial charge in [-0.3, -0.25) is 4.79 Å². The van der Waals surface area contributed by atoms with Crippen molar-refractivity contribution in [1.82, 2.24) is 4.90 Å². The maximum atomic E-state index is 12.7. The van der Waals surface area contributed by atoms with Gasteiger partial charge in [0.05, 0.1) is 18.4 Å². The summed E-state index contributed by atoms with van der Waals surface area (Å²) in [5, 5.41) is 0. The van der Waals surface area contributed by atoms with Crippen molar-refractivity contribution in [1.29, 1.82) is 0 Å². The minimum atomic E-state index is -0.118. The zero-order valence-corrected chi connectivity index (χ0v) is 12.8. The molecule has 0 radical (unpaired) electrons. The molecule has 3 aromatic rings. The second-order valence-corrected chi connectivity index (χ2v) is 5.15. The standard InChI is InChI=1S/C19H17NO3/c1-20(14-16-10-7-13-22-16)19(21)17-11-5-6-12-18(17)23-15-8-3-2-4-9-15/h2-13H,14H2,1H3. The van der Waals surface area contributed by atoms with E-state index in [9.17, 15) is 4.79 Å². The van der Waals surface area contributed by atoms with E-state index in [0.29, 0.717) is 23.6 Å². The second-order valence-electron chi connectivity index (χ2n) is 5.15. The fraction of sp³-hybridized carbons (Fsp3) is 0.105. The van der Waals surface area contributed by atoms with E-state index >= 15 is 0 Å². The molecule has 1 amide bonds. The number of ether oxygens (including phenoxy) is 1. The van der Waals surface area contributed by atoms with Gasteiger partial charge in [0.2, 0.25) is 0 Å². The van der Waals surface area contributed by atoms with Gasteiger partial charge in [0, 0.05) is 7.05 Å². The minimum absolute atomic E-state index is 0.118. The highest BCUT2D eigenvalue weighted by Gasteiger charge is 2.17. The highest BCUT2D eigenvalue weighted by molar-refractivity contribution is 5.96. The Morgan fingerprint density at radius 1 is 1.00 bits per heavy atom. The Balaban J connectivity index is 1.80. The van der Waals surface area contributed by atoms with Gasteiger partial charge in [0.15, 0.2) is 0 Å². The fourth-order valence-corrected chi connectivity index (χ4v) is 2.26. The van der Waals surface area contributed by atoms with E-state index in [1.165, 1.54) is 0 Å². The number of hydrogen-bond acceptors (Lipinski definition) is 3. The molecule has 23 heavy (non-hydrogen) atoms. The van der Waals surface area contributed by atoms with Crippen LogP contribution < -0.4 is 4.74 Å². The van der Waals surface area contributed by atoms with Crippen LogP contribution in [0.15, 0.2) is 77.4 Å². The lowest BCUT2D eigenvalue weighted by atomic mass is 10.1. The molecule has 3 rings (SSSR count). The number of carbonyl (C=O) groups excluding carboxylic acids is 1. The predicted molar refractivity (Wildman–Crippen MR) is 87.5 cm³/mol. The van der Waals surface area contributed by atoms with Crippen LogP contribution in [-0.2, 0) is 6.54 Å². The summed E-state index contributed by atoms with van der Waals surface area (Å²) >= 11 is 0. The van der Waals surface area contributed by atoms with Gasteiger partial charge in [-0.05, 0) is 36.4 Å². The van der Waals surface area contributed by atoms with Crippen LogP contribution in [0.5, 0.6) is 11.5 Å². The third-order valence-corrected chi connectivity index (χ3v) is 3.41. The second kappa shape index (κ2) is 6.83. The molecule has 0 saturated heterocycles. The first-order chi connectivity index (χ1) is 11.2. The number of rotatable bonds is 5. The third kappa shape index (κ3) is 3.61. The van der Waals surface area contributed by atoms with Crippen molar-refractivity contribution in [3.05, 3.63) is 84.3 Å². The number of para-hydroxylation sites is 2. The van der Waals surface area contributed by atoms with Gasteiger partial charge in [0.1, 0.15) is 17.3 Å². The first-order valence-electron chi connectivity index (χ1n) is 7.34. The van der Waals surface area contributed by atoms with E-state index in [4.69, 9.17) is 9.15 Å². The van der Waals surface area contributed by atoms with E-state index in [1.807, 2.05) is 48.5 Å². The molecular weight excluding hydrogens is 290 g/mol. The normalized spacial score (nSPS) is 10.3. The number of benzene rings is 2. The molecular formula is C19H17NO3. The molecule has 1 heterocycles. The van der Waals surface area contributed by atoms with Gasteiger partial charge in [-0.15, -0.1) is 0 Å². The van der Waals surface area contributed by atoms with Gasteiger partial charge in [0.25, 0.3) is 5.91 Å². The molecule has 0 saturated carbocycles. The van der Waals surface area contributed by atoms with Crippen LogP contribution in [0.2, 0.25) is 0 Å². The van der Waals surface area contributed by atoms with Crippen molar-refractivity contribution >= 4 is 5.91 Å². The van der Waals surface area contributed by atoms with Crippen molar-refractivity contribution in [3.63, 3.8) is 0 Å². The number of amides is 1. The van der Waals surface area contributed by atoms with Crippen molar-refractivity contribution in [2.45, 2.75) is 6.54 Å². The van der Waals surface area contributed by atoms with Gasteiger partial charge < -0.3 is 14.1 Å². The largest absolute Gasteiger partial charge is 0.467 e. The predicted octanol–water partition coefficient (Wildman–Crippen LogP) is 4.34. The van der Waals surface area contributed by atoms with Gasteiger partial charge in [-0.1, -0.05) is 30.3 Å². The van der Waals surface area contributed by atoms with E-state index in [1.54, 1.807) is 36.4 Å². The zero-order valence-electron chi connectivity index (χ0n) is 12.8. The van der Waals surface area contributed by atoms with Crippen LogP contribution in [0.1, 0.15) is 16.1 Å². The molecule has 116 valence electrons. The molecule has 4 nitrogen and oxygen atoms in total. The van der Waals surface area contributed by atoms with Crippen LogP contribution >= 0.6 is 0 Å². The van der Waals surface area contributed by atoms with Crippen molar-refractivity contribution in [3.8, 4) is 11.5 Å². The summed E-state index contributed by atoms with van der Waals surface area (Å²) in [6.45, 7) is 0.408. The zero-order chi connectivity index (χ0) is 16.1. The topological polar surface area (TPSA) is 42.7 Å². The summed E-state index contributed by atoms with van der Waals surface area (Å²) in [7, 11) is 1.74. The van der Waals surface area contributed by atoms with E-state index < -0.39 is 0 Å². The maximum Gasteiger partial charge on any atom is 0.257 e. The summed E-state index contributed by atoms with van der Waals surface area (Å²) in [4.78, 5) is 14.3. The van der Waals surface area contributed by atoms with Crippen molar-refractivity contribution in [2.75, 3.05) is 7.05 Å². The van der Waals surface area contributed by atoms with Crippen molar-refractivity contribution in [2.24, 2.45) is 0 Å². The number of nitrogens with zero attached hydrogens (tertiary/aromatic N) is 1. The summed E-state index contributed by atoms with van der Waals surface area (Å²) < 4.78 is 11.1. The third-order valence-electron chi connectivity index (χ3n) is 3.41. The Kier molecular flexibility index (Phi) is 4.43. The summed E-state index contributed by atoms with van der Waals surface area (Å²) in [5.41, 5.74) is 0.519. The molecule has 0 aliphatic heterocycles. The number of carbonyl (C=O) groups is 1. The lowest BCUT2D eigenvalue weighted by Crippen LogP contribution is -2.26. The average molecular weight is 307 g/mol. The van der Waals surface area contributed by atoms with Crippen LogP contribution in [-0.4, -0.2) is 17.9 Å². The number of hydrogen-bond donors (Lipinski definition) is 0. The Hall–Kier alpha value is -3.01. The highest BCUT2D eigenvalue weighted by atomic mass is 16.5. The molecule has 0 fully saturated rings. The molecule has 1 aromatic heterocycles. The van der Waals surface area contributed by atoms with E-state index in [0.717, 1.165) is 5.76 Å². The first-order valence-corrected chi connectivity index (χ1v) is 7.34. The first kappa shape index (κ1) is 14.9. The van der Waals surface area contributed by atoms with Crippen LogP contribution in [0.25, 0.3) is 0 Å². The SMILES string of the molecule is CN(Cc1ccco1)C(=O)c1ccccc1Oc1ccccc1. The summed E-state index contributed by atoms with van der Waals surface area (Å²) in [5.74, 6) is 1.85. The molecule has 2 aromatic carbocycles. The fourth-order valence-electron chi connectivity index (χ4n) is 2.26. The van der Waals surface area contributed by atoms with E-state index in [2.05, 4.69) is 0 Å². The quantitative estimate of drug-likeness (QED) is 0.704. The molecule has 0 atom stereocenters. The van der Waals surface area contributed by atoms with Gasteiger partial charge >= 0.3 is 0 Å². The molecule has 0 aliphatic carbocycles. The molecule has 0 aliphatic rings. The van der Waals surface area contributed by atoms with E-state index in [-0.39, 0.29) is 5.91 Å². The molecule has 0 spiro atoms. The monoisotopic (exact) mass is 307 g/mol. The lowest BCUT2D eigenvalue weighted by Gasteiger charge is -2.18. The van der Waals surface area contributed by atoms with Gasteiger partial charge in [-0.2, -0.15) is 0 Å². The lowest BCUT2D eigenvalue weighted by molar-refractivity contribution is 0.0773. The van der Waals surface area contributed by atoms with Crippen LogP contribution in [0.3, 0.4) is 0 Å². The Morgan fingerprint density at radius 3 is 2.48 bits per heavy atom. The summed E-state index contributed by atoms with van der Waals surface area (Å²) in [6.07, 6.45) is 1.60. The van der Waals surface area contributed by atoms with Crippen LogP contribution in [0, 0.1) is 0 Å².